The van der Waals surface area contributed by atoms with E-state index >= 15 is 0 Å². The van der Waals surface area contributed by atoms with Crippen LogP contribution < -0.4 is 10.6 Å². The van der Waals surface area contributed by atoms with Crippen LogP contribution in [0.4, 0.5) is 18.7 Å². The van der Waals surface area contributed by atoms with Gasteiger partial charge in [-0.3, -0.25) is 14.5 Å². The predicted octanol–water partition coefficient (Wildman–Crippen LogP) is 3.88. The van der Waals surface area contributed by atoms with Gasteiger partial charge in [-0.05, 0) is 30.2 Å². The van der Waals surface area contributed by atoms with Crippen LogP contribution in [0.2, 0.25) is 0 Å². The summed E-state index contributed by atoms with van der Waals surface area (Å²) in [4.78, 5) is 43.2. The third-order valence-electron chi connectivity index (χ3n) is 5.24. The number of hydrogen-bond acceptors (Lipinski definition) is 5. The monoisotopic (exact) mass is 456 g/mol. The number of nitrogens with one attached hydrogen (secondary N) is 2. The Morgan fingerprint density at radius 1 is 1.16 bits per heavy atom. The van der Waals surface area contributed by atoms with Crippen molar-refractivity contribution in [3.05, 3.63) is 71.1 Å². The fourth-order valence-electron chi connectivity index (χ4n) is 3.55. The highest BCUT2D eigenvalue weighted by Crippen LogP contribution is 2.32. The first-order chi connectivity index (χ1) is 15.3. The minimum atomic E-state index is -1.22. The zero-order chi connectivity index (χ0) is 22.9. The summed E-state index contributed by atoms with van der Waals surface area (Å²) < 4.78 is 26.6. The van der Waals surface area contributed by atoms with Gasteiger partial charge in [-0.2, -0.15) is 0 Å². The number of thiazole rings is 1. The quantitative estimate of drug-likeness (QED) is 0.551. The second-order valence-electron chi connectivity index (χ2n) is 7.16. The van der Waals surface area contributed by atoms with E-state index in [1.807, 2.05) is 6.07 Å². The maximum absolute atomic E-state index is 13.5. The maximum atomic E-state index is 13.5. The van der Waals surface area contributed by atoms with E-state index in [0.717, 1.165) is 28.4 Å². The van der Waals surface area contributed by atoms with Gasteiger partial charge in [-0.1, -0.05) is 37.3 Å². The van der Waals surface area contributed by atoms with Gasteiger partial charge in [0.25, 0.3) is 5.91 Å². The molecule has 1 aromatic heterocycles. The van der Waals surface area contributed by atoms with Crippen molar-refractivity contribution in [3.63, 3.8) is 0 Å². The molecule has 1 unspecified atom stereocenters. The summed E-state index contributed by atoms with van der Waals surface area (Å²) in [5.74, 6) is -3.09. The van der Waals surface area contributed by atoms with E-state index in [1.54, 1.807) is 36.6 Å². The van der Waals surface area contributed by atoms with Crippen molar-refractivity contribution in [1.82, 2.24) is 15.2 Å². The summed E-state index contributed by atoms with van der Waals surface area (Å²) in [6, 6.07) is 11.6. The Morgan fingerprint density at radius 2 is 1.91 bits per heavy atom. The molecule has 3 aromatic rings. The van der Waals surface area contributed by atoms with Crippen molar-refractivity contribution in [2.45, 2.75) is 18.9 Å². The van der Waals surface area contributed by atoms with Crippen molar-refractivity contribution < 1.29 is 23.2 Å². The molecule has 0 spiro atoms. The highest BCUT2D eigenvalue weighted by atomic mass is 32.1. The second kappa shape index (κ2) is 8.46. The van der Waals surface area contributed by atoms with Gasteiger partial charge >= 0.3 is 6.03 Å². The molecule has 10 heteroatoms. The third-order valence-corrected chi connectivity index (χ3v) is 6.00. The lowest BCUT2D eigenvalue weighted by molar-refractivity contribution is -0.134. The molecule has 4 amide bonds. The molecule has 1 atom stereocenters. The van der Waals surface area contributed by atoms with Gasteiger partial charge in [-0.15, -0.1) is 11.3 Å². The molecule has 1 fully saturated rings. The summed E-state index contributed by atoms with van der Waals surface area (Å²) in [6.07, 6.45) is 0.323. The number of imide groups is 1. The normalized spacial score (nSPS) is 18.0. The minimum absolute atomic E-state index is 0.201. The number of nitrogens with zero attached hydrogens (tertiary/aromatic N) is 2. The van der Waals surface area contributed by atoms with Crippen molar-refractivity contribution in [3.8, 4) is 11.3 Å². The summed E-state index contributed by atoms with van der Waals surface area (Å²) in [5, 5.41) is 7.03. The molecule has 0 bridgehead atoms. The van der Waals surface area contributed by atoms with Gasteiger partial charge in [0.15, 0.2) is 16.8 Å². The van der Waals surface area contributed by atoms with E-state index in [9.17, 15) is 23.2 Å². The Bertz CT molecular complexity index is 1200. The molecule has 1 saturated heterocycles. The van der Waals surface area contributed by atoms with Crippen LogP contribution in [0, 0.1) is 11.6 Å². The van der Waals surface area contributed by atoms with Gasteiger partial charge < -0.3 is 10.6 Å². The summed E-state index contributed by atoms with van der Waals surface area (Å²) in [6.45, 7) is 1.30. The Morgan fingerprint density at radius 3 is 2.59 bits per heavy atom. The Hall–Kier alpha value is -3.66. The maximum Gasteiger partial charge on any atom is 0.325 e. The smallest absolute Gasteiger partial charge is 0.319 e. The third kappa shape index (κ3) is 3.84. The predicted molar refractivity (Wildman–Crippen MR) is 115 cm³/mol. The van der Waals surface area contributed by atoms with Crippen LogP contribution in [0.3, 0.4) is 0 Å². The zero-order valence-electron chi connectivity index (χ0n) is 16.9. The number of anilines is 1. The van der Waals surface area contributed by atoms with E-state index in [0.29, 0.717) is 23.2 Å². The molecule has 32 heavy (non-hydrogen) atoms. The molecule has 164 valence electrons. The van der Waals surface area contributed by atoms with Crippen LogP contribution in [0.25, 0.3) is 11.3 Å². The summed E-state index contributed by atoms with van der Waals surface area (Å²) in [7, 11) is 0. The van der Waals surface area contributed by atoms with Crippen molar-refractivity contribution in [2.24, 2.45) is 0 Å². The number of carbonyl (C=O) groups excluding carboxylic acids is 3. The molecule has 4 rings (SSSR count). The number of halogens is 2. The van der Waals surface area contributed by atoms with E-state index in [-0.39, 0.29) is 5.13 Å². The molecule has 2 heterocycles. The average molecular weight is 456 g/mol. The lowest BCUT2D eigenvalue weighted by atomic mass is 9.87. The first-order valence-corrected chi connectivity index (χ1v) is 10.6. The van der Waals surface area contributed by atoms with E-state index in [2.05, 4.69) is 15.6 Å². The SMILES string of the molecule is CCC1(c2ccccc2)NC(=O)N(CC(=O)Nc2nc(-c3ccc(F)c(F)c3)cs2)C1=O. The van der Waals surface area contributed by atoms with Crippen LogP contribution in [0.15, 0.2) is 53.9 Å². The van der Waals surface area contributed by atoms with Crippen LogP contribution in [0.1, 0.15) is 18.9 Å². The molecule has 2 N–H and O–H groups in total. The Kier molecular flexibility index (Phi) is 5.70. The molecule has 2 aromatic carbocycles. The Balaban J connectivity index is 1.46. The van der Waals surface area contributed by atoms with Gasteiger partial charge in [0.05, 0.1) is 5.69 Å². The fraction of sp³-hybridized carbons (Fsp3) is 0.182. The van der Waals surface area contributed by atoms with Crippen LogP contribution >= 0.6 is 11.3 Å². The summed E-state index contributed by atoms with van der Waals surface area (Å²) >= 11 is 1.08. The van der Waals surface area contributed by atoms with Crippen molar-refractivity contribution in [2.75, 3.05) is 11.9 Å². The first-order valence-electron chi connectivity index (χ1n) is 9.74. The highest BCUT2D eigenvalue weighted by Gasteiger charge is 2.51. The van der Waals surface area contributed by atoms with E-state index in [1.165, 1.54) is 6.07 Å². The number of amides is 4. The topological polar surface area (TPSA) is 91.4 Å². The molecule has 0 radical (unpaired) electrons. The molecule has 0 aliphatic carbocycles. The Labute approximate surface area is 186 Å². The molecule has 1 aliphatic rings. The number of hydrogen-bond donors (Lipinski definition) is 2. The van der Waals surface area contributed by atoms with Gasteiger partial charge in [0, 0.05) is 10.9 Å². The van der Waals surface area contributed by atoms with E-state index in [4.69, 9.17) is 0 Å². The molecular formula is C22H18F2N4O3S. The average Bonchev–Trinajstić information content (AvgIpc) is 3.34. The van der Waals surface area contributed by atoms with Gasteiger partial charge in [0.1, 0.15) is 12.1 Å². The molecular weight excluding hydrogens is 438 g/mol. The number of benzene rings is 2. The molecule has 0 saturated carbocycles. The van der Waals surface area contributed by atoms with Crippen LogP contribution in [-0.2, 0) is 15.1 Å². The number of carbonyl (C=O) groups is 3. The van der Waals surface area contributed by atoms with E-state index < -0.39 is 41.6 Å². The first kappa shape index (κ1) is 21.6. The lowest BCUT2D eigenvalue weighted by Crippen LogP contribution is -2.44. The minimum Gasteiger partial charge on any atom is -0.319 e. The summed E-state index contributed by atoms with van der Waals surface area (Å²) in [5.41, 5.74) is 0.123. The van der Waals surface area contributed by atoms with Crippen molar-refractivity contribution in [1.29, 1.82) is 0 Å². The number of aromatic nitrogens is 1. The van der Waals surface area contributed by atoms with Gasteiger partial charge in [-0.25, -0.2) is 18.6 Å². The highest BCUT2D eigenvalue weighted by molar-refractivity contribution is 7.14. The number of urea groups is 1. The van der Waals surface area contributed by atoms with Gasteiger partial charge in [0.2, 0.25) is 5.91 Å². The molecule has 7 nitrogen and oxygen atoms in total. The zero-order valence-corrected chi connectivity index (χ0v) is 17.7. The standard InChI is InChI=1S/C22H18F2N4O3S/c1-2-22(14-6-4-3-5-7-14)19(30)28(21(31)27-22)11-18(29)26-20-25-17(12-32-20)13-8-9-15(23)16(24)10-13/h3-10,12H,2,11H2,1H3,(H,27,31)(H,25,26,29). The largest absolute Gasteiger partial charge is 0.325 e. The molecule has 1 aliphatic heterocycles. The fourth-order valence-corrected chi connectivity index (χ4v) is 4.29. The van der Waals surface area contributed by atoms with Crippen LogP contribution in [0.5, 0.6) is 0 Å². The second-order valence-corrected chi connectivity index (χ2v) is 8.02. The lowest BCUT2D eigenvalue weighted by Gasteiger charge is -2.25. The number of rotatable bonds is 6. The van der Waals surface area contributed by atoms with Crippen LogP contribution in [-0.4, -0.2) is 34.3 Å². The van der Waals surface area contributed by atoms with Crippen molar-refractivity contribution >= 4 is 34.3 Å².